The van der Waals surface area contributed by atoms with Gasteiger partial charge in [0.1, 0.15) is 44.7 Å². The maximum absolute atomic E-state index is 6.64. The number of anilines is 12. The van der Waals surface area contributed by atoms with Crippen molar-refractivity contribution in [2.24, 2.45) is 0 Å². The van der Waals surface area contributed by atoms with Gasteiger partial charge in [-0.2, -0.15) is 0 Å². The fraction of sp³-hybridized carbons (Fsp3) is 0.0857. The van der Waals surface area contributed by atoms with E-state index >= 15 is 0 Å². The molecule has 0 fully saturated rings. The van der Waals surface area contributed by atoms with Crippen molar-refractivity contribution < 1.29 is 17.7 Å². The molecule has 0 aliphatic carbocycles. The summed E-state index contributed by atoms with van der Waals surface area (Å²) in [5.41, 5.74) is 44.0. The van der Waals surface area contributed by atoms with Gasteiger partial charge in [0.2, 0.25) is 0 Å². The second-order valence-corrected chi connectivity index (χ2v) is 40.8. The summed E-state index contributed by atoms with van der Waals surface area (Å²) in [5, 5.41) is 23.6. The lowest BCUT2D eigenvalue weighted by atomic mass is 9.91. The molecule has 24 aromatic carbocycles. The maximum Gasteiger partial charge on any atom is 0.143 e. The average molecular weight is 1910 g/mol. The monoisotopic (exact) mass is 1900 g/mol. The van der Waals surface area contributed by atoms with E-state index in [0.717, 1.165) is 178 Å². The van der Waals surface area contributed by atoms with E-state index in [1.54, 1.807) is 0 Å². The summed E-state index contributed by atoms with van der Waals surface area (Å²) < 4.78 is 26.5. The fourth-order valence-corrected chi connectivity index (χ4v) is 24.9. The van der Waals surface area contributed by atoms with Gasteiger partial charge in [-0.1, -0.05) is 327 Å². The van der Waals surface area contributed by atoms with Crippen molar-refractivity contribution in [2.45, 2.75) is 83.1 Å². The Morgan fingerprint density at radius 1 is 0.155 bits per heavy atom. The molecule has 0 radical (unpaired) electrons. The molecule has 0 unspecified atom stereocenters. The van der Waals surface area contributed by atoms with E-state index in [0.29, 0.717) is 0 Å². The third kappa shape index (κ3) is 14.4. The number of furan rings is 4. The molecule has 0 N–H and O–H groups in total. The van der Waals surface area contributed by atoms with Gasteiger partial charge in [-0.25, -0.2) is 0 Å². The zero-order valence-electron chi connectivity index (χ0n) is 84.7. The van der Waals surface area contributed by atoms with E-state index in [1.165, 1.54) is 154 Å². The van der Waals surface area contributed by atoms with E-state index in [4.69, 9.17) is 17.7 Å². The van der Waals surface area contributed by atoms with Crippen LogP contribution in [0.4, 0.5) is 68.2 Å². The Labute approximate surface area is 858 Å². The topological polar surface area (TPSA) is 65.5 Å². The molecule has 148 heavy (non-hydrogen) atoms. The van der Waals surface area contributed by atoms with Crippen LogP contribution in [0.1, 0.15) is 66.8 Å². The molecule has 8 heteroatoms. The Bertz CT molecular complexity index is 9680. The highest BCUT2D eigenvalue weighted by Gasteiger charge is 2.32. The van der Waals surface area contributed by atoms with Crippen LogP contribution in [0.2, 0.25) is 0 Å². The minimum Gasteiger partial charge on any atom is -0.455 e. The Morgan fingerprint density at radius 2 is 0.385 bits per heavy atom. The Balaban J connectivity index is 0.000000146. The van der Waals surface area contributed by atoms with Crippen molar-refractivity contribution in [1.29, 1.82) is 0 Å². The Morgan fingerprint density at radius 3 is 0.682 bits per heavy atom. The predicted octanol–water partition coefficient (Wildman–Crippen LogP) is 41.0. The van der Waals surface area contributed by atoms with Gasteiger partial charge in [-0.15, -0.1) is 0 Å². The predicted molar refractivity (Wildman–Crippen MR) is 627 cm³/mol. The lowest BCUT2D eigenvalue weighted by molar-refractivity contribution is 0.669. The Kier molecular flexibility index (Phi) is 20.8. The molecule has 28 rings (SSSR count). The summed E-state index contributed by atoms with van der Waals surface area (Å²) in [6.45, 7) is 26.7. The van der Waals surface area contributed by atoms with Gasteiger partial charge in [0.15, 0.2) is 0 Å². The van der Waals surface area contributed by atoms with Crippen molar-refractivity contribution in [3.05, 3.63) is 479 Å². The number of benzene rings is 24. The average Bonchev–Trinajstić information content (AvgIpc) is 1.06. The van der Waals surface area contributed by atoms with Crippen LogP contribution in [0.5, 0.6) is 0 Å². The van der Waals surface area contributed by atoms with Crippen molar-refractivity contribution in [3.63, 3.8) is 0 Å². The summed E-state index contributed by atoms with van der Waals surface area (Å²) in [7, 11) is 0. The number of aryl methyl sites for hydroxylation is 12. The molecule has 4 heterocycles. The molecule has 0 atom stereocenters. The molecule has 0 aliphatic heterocycles. The zero-order valence-corrected chi connectivity index (χ0v) is 84.7. The van der Waals surface area contributed by atoms with Crippen molar-refractivity contribution >= 4 is 221 Å². The van der Waals surface area contributed by atoms with E-state index < -0.39 is 0 Å². The lowest BCUT2D eigenvalue weighted by Gasteiger charge is -2.32. The van der Waals surface area contributed by atoms with Gasteiger partial charge in [0.25, 0.3) is 0 Å². The molecular weight excluding hydrogens is 1800 g/mol. The largest absolute Gasteiger partial charge is 0.455 e. The van der Waals surface area contributed by atoms with Crippen molar-refractivity contribution in [1.82, 2.24) is 0 Å². The maximum atomic E-state index is 6.64. The SMILES string of the molecule is Cc1cc(-c2cccc3c2oc2ccccc23)cc(N(c2c(C)cccc2C)c2ccc3ccc4c(N(c5cc(C)cc(-c6cccc7c6oc6ccccc67)c5)c5c(C)cccc5C)ccc5ccc2c3c54)c1.Cc1cc(C)c(N(c2cccc(-c3cccc4c3oc3ccccc34)c2)c2ccc3ccc4c(N(c5cccc(-c6cccc7c6oc6ccccc67)c5)c5c(C)cc(C)cc5C)ccc5ccc2c3c54)c(C)c1. The molecule has 708 valence electrons. The van der Waals surface area contributed by atoms with Gasteiger partial charge < -0.3 is 37.3 Å². The van der Waals surface area contributed by atoms with E-state index in [1.807, 2.05) is 24.3 Å². The first-order valence-electron chi connectivity index (χ1n) is 51.3. The second kappa shape index (κ2) is 34.8. The van der Waals surface area contributed by atoms with Crippen molar-refractivity contribution in [2.75, 3.05) is 19.6 Å². The standard InChI is InChI=1S/2C70H52N2O2/c1-41-35-43(3)67(44(4)36-41)71(51-17-11-15-49(39-51)53-21-13-23-57-55-19-7-9-25-63(55)73-69(53)57)61-33-29-47-28-32-60-62(34-30-48-27-31-59(61)65(47)66(48)60)72(68-45(5)37-42(2)38-46(68)6)52-18-12-16-50(40-52)54-22-14-24-58-56-20-8-10-26-64(56)74-70(54)58;1-41-35-49(53-21-13-23-57-55-19-7-9-25-63(55)73-69(53)57)39-51(37-41)71(67-43(3)15-11-16-44(67)4)61-33-29-47-28-32-60-62(34-30-48-27-31-59(61)65(47)66(48)60)72(68-45(5)17-12-18-46(68)6)52-38-42(2)36-50(40-52)54-22-14-24-58-56-20-8-10-26-64(56)74-70(54)58/h2*7-40H,1-6H3. The van der Waals surface area contributed by atoms with Crippen molar-refractivity contribution in [3.8, 4) is 44.5 Å². The first-order valence-corrected chi connectivity index (χ1v) is 51.3. The third-order valence-electron chi connectivity index (χ3n) is 31.0. The minimum atomic E-state index is 0.896. The van der Waals surface area contributed by atoms with Crippen LogP contribution in [0.15, 0.2) is 430 Å². The highest BCUT2D eigenvalue weighted by molar-refractivity contribution is 6.31. The first-order chi connectivity index (χ1) is 72.3. The van der Waals surface area contributed by atoms with Crippen LogP contribution in [0.25, 0.3) is 197 Å². The number of fused-ring (bicyclic) bond motifs is 12. The lowest BCUT2D eigenvalue weighted by Crippen LogP contribution is -2.14. The molecule has 0 saturated heterocycles. The normalized spacial score (nSPS) is 11.9. The molecule has 0 spiro atoms. The summed E-state index contributed by atoms with van der Waals surface area (Å²) in [4.78, 5) is 10.0. The quantitative estimate of drug-likeness (QED) is 0.0887. The highest BCUT2D eigenvalue weighted by atomic mass is 16.3. The molecule has 0 amide bonds. The van der Waals surface area contributed by atoms with Crippen LogP contribution in [-0.2, 0) is 0 Å². The van der Waals surface area contributed by atoms with Crippen LogP contribution in [0.3, 0.4) is 0 Å². The summed E-state index contributed by atoms with van der Waals surface area (Å²) in [5.74, 6) is 0. The number of rotatable bonds is 16. The molecule has 0 bridgehead atoms. The number of hydrogen-bond donors (Lipinski definition) is 0. The van der Waals surface area contributed by atoms with Crippen LogP contribution < -0.4 is 19.6 Å². The highest BCUT2D eigenvalue weighted by Crippen LogP contribution is 2.56. The second-order valence-electron chi connectivity index (χ2n) is 40.8. The van der Waals surface area contributed by atoms with Gasteiger partial charge in [-0.3, -0.25) is 0 Å². The van der Waals surface area contributed by atoms with E-state index in [2.05, 4.69) is 491 Å². The summed E-state index contributed by atoms with van der Waals surface area (Å²) >= 11 is 0. The van der Waals surface area contributed by atoms with E-state index in [-0.39, 0.29) is 0 Å². The summed E-state index contributed by atoms with van der Waals surface area (Å²) in [6.07, 6.45) is 0. The zero-order chi connectivity index (χ0) is 99.9. The van der Waals surface area contributed by atoms with Crippen LogP contribution in [0, 0.1) is 83.1 Å². The van der Waals surface area contributed by atoms with Crippen LogP contribution >= 0.6 is 0 Å². The number of nitrogens with zero attached hydrogens (tertiary/aromatic N) is 4. The minimum absolute atomic E-state index is 0.896. The molecule has 4 aromatic heterocycles. The first kappa shape index (κ1) is 88.7. The molecular formula is C140H104N4O4. The molecule has 0 aliphatic rings. The van der Waals surface area contributed by atoms with Gasteiger partial charge in [0, 0.05) is 110 Å². The fourth-order valence-electron chi connectivity index (χ4n) is 24.9. The number of hydrogen-bond acceptors (Lipinski definition) is 8. The van der Waals surface area contributed by atoms with Gasteiger partial charge >= 0.3 is 0 Å². The number of para-hydroxylation sites is 10. The smallest absolute Gasteiger partial charge is 0.143 e. The van der Waals surface area contributed by atoms with Gasteiger partial charge in [0.05, 0.1) is 45.5 Å². The Hall–Kier alpha value is -18.2. The van der Waals surface area contributed by atoms with Crippen LogP contribution in [-0.4, -0.2) is 0 Å². The molecule has 28 aromatic rings. The molecule has 0 saturated carbocycles. The van der Waals surface area contributed by atoms with E-state index in [9.17, 15) is 0 Å². The van der Waals surface area contributed by atoms with Gasteiger partial charge in [-0.05, 0) is 301 Å². The molecule has 8 nitrogen and oxygen atoms in total. The summed E-state index contributed by atoms with van der Waals surface area (Å²) in [6, 6.07) is 151. The third-order valence-corrected chi connectivity index (χ3v) is 31.0.